The number of rotatable bonds is 4. The minimum Gasteiger partial charge on any atom is -0.325 e. The molecule has 0 saturated carbocycles. The van der Waals surface area contributed by atoms with E-state index in [2.05, 4.69) is 28.2 Å². The number of benzene rings is 2. The molecule has 3 rings (SSSR count). The molecule has 2 aromatic rings. The monoisotopic (exact) mass is 434 g/mol. The first-order valence-electron chi connectivity index (χ1n) is 8.55. The van der Waals surface area contributed by atoms with E-state index in [1.54, 1.807) is 11.0 Å². The highest BCUT2D eigenvalue weighted by Crippen LogP contribution is 2.31. The molecule has 2 amide bonds. The summed E-state index contributed by atoms with van der Waals surface area (Å²) >= 11 is 9.50. The number of halogens is 2. The van der Waals surface area contributed by atoms with Gasteiger partial charge in [-0.05, 0) is 58.6 Å². The van der Waals surface area contributed by atoms with Crippen LogP contribution in [-0.2, 0) is 16.0 Å². The second kappa shape index (κ2) is 7.80. The van der Waals surface area contributed by atoms with Crippen molar-refractivity contribution in [3.8, 4) is 0 Å². The van der Waals surface area contributed by atoms with Crippen molar-refractivity contribution in [1.82, 2.24) is 0 Å². The number of nitrogens with one attached hydrogen (secondary N) is 1. The quantitative estimate of drug-likeness (QED) is 0.737. The van der Waals surface area contributed by atoms with Gasteiger partial charge in [0, 0.05) is 28.8 Å². The number of carbonyl (C=O) groups is 2. The van der Waals surface area contributed by atoms with Crippen molar-refractivity contribution in [1.29, 1.82) is 0 Å². The molecule has 1 fully saturated rings. The van der Waals surface area contributed by atoms with E-state index < -0.39 is 0 Å². The molecule has 26 heavy (non-hydrogen) atoms. The Balaban J connectivity index is 1.76. The summed E-state index contributed by atoms with van der Waals surface area (Å²) in [6, 6.07) is 11.4. The summed E-state index contributed by atoms with van der Waals surface area (Å²) in [5.41, 5.74) is 3.59. The Morgan fingerprint density at radius 1 is 1.35 bits per heavy atom. The third kappa shape index (κ3) is 3.79. The van der Waals surface area contributed by atoms with E-state index in [-0.39, 0.29) is 24.2 Å². The smallest absolute Gasteiger partial charge is 0.229 e. The number of para-hydroxylation sites is 1. The fraction of sp³-hybridized carbons (Fsp3) is 0.300. The second-order valence-corrected chi connectivity index (χ2v) is 7.72. The van der Waals surface area contributed by atoms with Gasteiger partial charge in [-0.25, -0.2) is 0 Å². The van der Waals surface area contributed by atoms with Crippen LogP contribution >= 0.6 is 27.5 Å². The van der Waals surface area contributed by atoms with Gasteiger partial charge in [0.15, 0.2) is 0 Å². The molecule has 1 N–H and O–H groups in total. The number of hydrogen-bond donors (Lipinski definition) is 1. The van der Waals surface area contributed by atoms with Crippen LogP contribution in [0.15, 0.2) is 40.9 Å². The molecule has 136 valence electrons. The zero-order valence-electron chi connectivity index (χ0n) is 14.7. The lowest BCUT2D eigenvalue weighted by molar-refractivity contribution is -0.122. The van der Waals surface area contributed by atoms with Gasteiger partial charge >= 0.3 is 0 Å². The van der Waals surface area contributed by atoms with Gasteiger partial charge in [-0.3, -0.25) is 9.59 Å². The molecule has 1 heterocycles. The molecule has 1 saturated heterocycles. The maximum atomic E-state index is 12.7. The van der Waals surface area contributed by atoms with E-state index in [0.29, 0.717) is 17.3 Å². The van der Waals surface area contributed by atoms with E-state index in [1.165, 1.54) is 0 Å². The van der Waals surface area contributed by atoms with Crippen LogP contribution in [0.1, 0.15) is 24.5 Å². The van der Waals surface area contributed by atoms with Crippen molar-refractivity contribution < 1.29 is 9.59 Å². The Morgan fingerprint density at radius 2 is 2.08 bits per heavy atom. The van der Waals surface area contributed by atoms with Crippen LogP contribution in [0.2, 0.25) is 5.02 Å². The van der Waals surface area contributed by atoms with Crippen LogP contribution in [0.4, 0.5) is 11.4 Å². The first-order chi connectivity index (χ1) is 12.4. The van der Waals surface area contributed by atoms with Gasteiger partial charge in [0.2, 0.25) is 11.8 Å². The average Bonchev–Trinajstić information content (AvgIpc) is 3.01. The molecule has 0 spiro atoms. The molecular weight excluding hydrogens is 416 g/mol. The van der Waals surface area contributed by atoms with Crippen LogP contribution < -0.4 is 10.2 Å². The fourth-order valence-corrected chi connectivity index (χ4v) is 3.83. The third-order valence-electron chi connectivity index (χ3n) is 4.68. The zero-order valence-corrected chi connectivity index (χ0v) is 17.0. The number of carbonyl (C=O) groups excluding carboxylic acids is 2. The summed E-state index contributed by atoms with van der Waals surface area (Å²) in [7, 11) is 0. The van der Waals surface area contributed by atoms with Gasteiger partial charge in [0.25, 0.3) is 0 Å². The van der Waals surface area contributed by atoms with E-state index in [1.807, 2.05) is 37.3 Å². The molecular formula is C20H20BrClN2O2. The average molecular weight is 436 g/mol. The van der Waals surface area contributed by atoms with Crippen LogP contribution in [-0.4, -0.2) is 18.4 Å². The van der Waals surface area contributed by atoms with Crippen molar-refractivity contribution in [2.24, 2.45) is 5.92 Å². The Kier molecular flexibility index (Phi) is 5.68. The van der Waals surface area contributed by atoms with E-state index in [4.69, 9.17) is 11.6 Å². The number of anilines is 2. The molecule has 1 atom stereocenters. The molecule has 0 unspecified atom stereocenters. The summed E-state index contributed by atoms with van der Waals surface area (Å²) < 4.78 is 0.785. The molecule has 1 aliphatic rings. The first-order valence-corrected chi connectivity index (χ1v) is 9.72. The van der Waals surface area contributed by atoms with Crippen LogP contribution in [0.25, 0.3) is 0 Å². The van der Waals surface area contributed by atoms with Gasteiger partial charge < -0.3 is 10.2 Å². The largest absolute Gasteiger partial charge is 0.325 e. The van der Waals surface area contributed by atoms with Crippen molar-refractivity contribution in [2.45, 2.75) is 26.7 Å². The SMILES string of the molecule is CCc1ccccc1N1C[C@H](C(=O)Nc2cc(Cl)c(Br)cc2C)CC1=O. The Labute approximate surface area is 166 Å². The fourth-order valence-electron chi connectivity index (χ4n) is 3.20. The predicted octanol–water partition coefficient (Wildman–Crippen LogP) is 4.96. The number of aryl methyl sites for hydroxylation is 2. The summed E-state index contributed by atoms with van der Waals surface area (Å²) in [5, 5.41) is 3.45. The Bertz CT molecular complexity index is 869. The highest BCUT2D eigenvalue weighted by Gasteiger charge is 2.35. The third-order valence-corrected chi connectivity index (χ3v) is 5.88. The standard InChI is InChI=1S/C20H20BrClN2O2/c1-3-13-6-4-5-7-18(13)24-11-14(9-19(24)25)20(26)23-17-10-16(22)15(21)8-12(17)2/h4-8,10,14H,3,9,11H2,1-2H3,(H,23,26)/t14-/m1/s1. The van der Waals surface area contributed by atoms with Crippen LogP contribution in [0, 0.1) is 12.8 Å². The summed E-state index contributed by atoms with van der Waals surface area (Å²) in [4.78, 5) is 26.9. The zero-order chi connectivity index (χ0) is 18.8. The van der Waals surface area contributed by atoms with Crippen molar-refractivity contribution in [2.75, 3.05) is 16.8 Å². The summed E-state index contributed by atoms with van der Waals surface area (Å²) in [5.74, 6) is -0.554. The van der Waals surface area contributed by atoms with E-state index in [0.717, 1.165) is 27.7 Å². The second-order valence-electron chi connectivity index (χ2n) is 6.46. The van der Waals surface area contributed by atoms with Crippen LogP contribution in [0.5, 0.6) is 0 Å². The maximum absolute atomic E-state index is 12.7. The molecule has 2 aromatic carbocycles. The number of nitrogens with zero attached hydrogens (tertiary/aromatic N) is 1. The molecule has 6 heteroatoms. The normalized spacial score (nSPS) is 16.8. The van der Waals surface area contributed by atoms with E-state index in [9.17, 15) is 9.59 Å². The molecule has 0 aromatic heterocycles. The minimum atomic E-state index is -0.380. The van der Waals surface area contributed by atoms with Crippen molar-refractivity contribution in [3.63, 3.8) is 0 Å². The minimum absolute atomic E-state index is 0.0170. The van der Waals surface area contributed by atoms with Crippen molar-refractivity contribution >= 4 is 50.7 Å². The first kappa shape index (κ1) is 18.9. The topological polar surface area (TPSA) is 49.4 Å². The van der Waals surface area contributed by atoms with Crippen molar-refractivity contribution in [3.05, 3.63) is 57.0 Å². The highest BCUT2D eigenvalue weighted by atomic mass is 79.9. The molecule has 0 radical (unpaired) electrons. The predicted molar refractivity (Wildman–Crippen MR) is 109 cm³/mol. The van der Waals surface area contributed by atoms with Crippen LogP contribution in [0.3, 0.4) is 0 Å². The Hall–Kier alpha value is -1.85. The lowest BCUT2D eigenvalue weighted by Crippen LogP contribution is -2.28. The molecule has 1 aliphatic heterocycles. The maximum Gasteiger partial charge on any atom is 0.229 e. The molecule has 0 bridgehead atoms. The summed E-state index contributed by atoms with van der Waals surface area (Å²) in [6.45, 7) is 4.36. The van der Waals surface area contributed by atoms with Gasteiger partial charge in [-0.2, -0.15) is 0 Å². The van der Waals surface area contributed by atoms with Gasteiger partial charge in [-0.1, -0.05) is 36.7 Å². The van der Waals surface area contributed by atoms with Gasteiger partial charge in [0.05, 0.1) is 10.9 Å². The molecule has 0 aliphatic carbocycles. The van der Waals surface area contributed by atoms with Gasteiger partial charge in [-0.15, -0.1) is 0 Å². The lowest BCUT2D eigenvalue weighted by Gasteiger charge is -2.20. The molecule has 4 nitrogen and oxygen atoms in total. The number of amides is 2. The lowest BCUT2D eigenvalue weighted by atomic mass is 10.1. The van der Waals surface area contributed by atoms with Gasteiger partial charge in [0.1, 0.15) is 0 Å². The number of hydrogen-bond acceptors (Lipinski definition) is 2. The van der Waals surface area contributed by atoms with E-state index >= 15 is 0 Å². The summed E-state index contributed by atoms with van der Waals surface area (Å²) in [6.07, 6.45) is 1.06. The highest BCUT2D eigenvalue weighted by molar-refractivity contribution is 9.10. The Morgan fingerprint density at radius 3 is 2.81 bits per heavy atom.